The molecule has 2 aliphatic carbocycles. The maximum atomic E-state index is 5.77. The monoisotopic (exact) mass is 225 g/mol. The van der Waals surface area contributed by atoms with Crippen molar-refractivity contribution < 1.29 is 4.42 Å². The molecular weight excluding hydrogens is 210 g/mol. The Morgan fingerprint density at radius 2 is 2.13 bits per heavy atom. The highest BCUT2D eigenvalue weighted by Gasteiger charge is 2.47. The number of oxazole rings is 1. The van der Waals surface area contributed by atoms with Crippen LogP contribution in [0, 0.1) is 11.8 Å². The summed E-state index contributed by atoms with van der Waals surface area (Å²) < 4.78 is 5.77. The fourth-order valence-corrected chi connectivity index (χ4v) is 2.93. The van der Waals surface area contributed by atoms with Crippen LogP contribution in [0.25, 0.3) is 0 Å². The van der Waals surface area contributed by atoms with Crippen molar-refractivity contribution >= 4 is 11.6 Å². The van der Waals surface area contributed by atoms with Crippen molar-refractivity contribution in [3.8, 4) is 0 Å². The summed E-state index contributed by atoms with van der Waals surface area (Å²) in [5.41, 5.74) is 0. The molecule has 0 radical (unpaired) electrons. The molecular formula is C12H16ClNO. The molecule has 3 heteroatoms. The molecule has 0 saturated heterocycles. The van der Waals surface area contributed by atoms with E-state index in [4.69, 9.17) is 16.0 Å². The summed E-state index contributed by atoms with van der Waals surface area (Å²) >= 11 is 5.64. The van der Waals surface area contributed by atoms with Crippen LogP contribution in [0.5, 0.6) is 0 Å². The zero-order valence-electron chi connectivity index (χ0n) is 8.79. The second kappa shape index (κ2) is 3.82. The molecule has 15 heavy (non-hydrogen) atoms. The van der Waals surface area contributed by atoms with Crippen LogP contribution in [0.1, 0.15) is 43.3 Å². The Morgan fingerprint density at radius 3 is 2.87 bits per heavy atom. The van der Waals surface area contributed by atoms with Gasteiger partial charge in [-0.1, -0.05) is 0 Å². The van der Waals surface area contributed by atoms with Crippen LogP contribution in [0.4, 0.5) is 0 Å². The molecule has 3 rings (SSSR count). The van der Waals surface area contributed by atoms with E-state index in [1.807, 2.05) is 6.20 Å². The van der Waals surface area contributed by atoms with E-state index in [0.29, 0.717) is 11.8 Å². The number of alkyl halides is 1. The standard InChI is InChI=1S/C12H16ClNO/c13-3-1-2-12-14-7-11(15-12)10-5-8-4-9(8)6-10/h7-10H,1-6H2. The van der Waals surface area contributed by atoms with Gasteiger partial charge in [-0.25, -0.2) is 4.98 Å². The van der Waals surface area contributed by atoms with Gasteiger partial charge < -0.3 is 4.42 Å². The Labute approximate surface area is 95.0 Å². The number of aryl methyl sites for hydroxylation is 1. The zero-order chi connectivity index (χ0) is 10.3. The van der Waals surface area contributed by atoms with Crippen molar-refractivity contribution in [1.29, 1.82) is 0 Å². The van der Waals surface area contributed by atoms with Crippen LogP contribution < -0.4 is 0 Å². The second-order valence-electron chi connectivity index (χ2n) is 4.87. The van der Waals surface area contributed by atoms with Crippen LogP contribution in [0.2, 0.25) is 0 Å². The first kappa shape index (κ1) is 9.71. The topological polar surface area (TPSA) is 26.0 Å². The summed E-state index contributed by atoms with van der Waals surface area (Å²) in [7, 11) is 0. The lowest BCUT2D eigenvalue weighted by Gasteiger charge is -2.06. The molecule has 2 saturated carbocycles. The van der Waals surface area contributed by atoms with Gasteiger partial charge in [0.1, 0.15) is 5.76 Å². The summed E-state index contributed by atoms with van der Waals surface area (Å²) in [5, 5.41) is 0. The molecule has 2 aliphatic rings. The Bertz CT molecular complexity index is 339. The fourth-order valence-electron chi connectivity index (χ4n) is 2.79. The summed E-state index contributed by atoms with van der Waals surface area (Å²) in [6.07, 6.45) is 7.88. The van der Waals surface area contributed by atoms with Crippen molar-refractivity contribution in [3.63, 3.8) is 0 Å². The lowest BCUT2D eigenvalue weighted by molar-refractivity contribution is 0.410. The molecule has 1 aromatic heterocycles. The van der Waals surface area contributed by atoms with Crippen molar-refractivity contribution in [2.24, 2.45) is 11.8 Å². The Kier molecular flexibility index (Phi) is 2.47. The third kappa shape index (κ3) is 1.92. The van der Waals surface area contributed by atoms with Gasteiger partial charge in [0.25, 0.3) is 0 Å². The van der Waals surface area contributed by atoms with Gasteiger partial charge in [-0.05, 0) is 37.5 Å². The number of hydrogen-bond acceptors (Lipinski definition) is 2. The van der Waals surface area contributed by atoms with Gasteiger partial charge in [0.05, 0.1) is 6.20 Å². The van der Waals surface area contributed by atoms with Crippen molar-refractivity contribution in [2.75, 3.05) is 5.88 Å². The quantitative estimate of drug-likeness (QED) is 0.735. The van der Waals surface area contributed by atoms with Crippen LogP contribution in [0.15, 0.2) is 10.6 Å². The van der Waals surface area contributed by atoms with Crippen LogP contribution >= 0.6 is 11.6 Å². The average Bonchev–Trinajstić information content (AvgIpc) is 2.71. The number of halogens is 1. The van der Waals surface area contributed by atoms with Crippen LogP contribution in [-0.4, -0.2) is 10.9 Å². The predicted octanol–water partition coefficient (Wildman–Crippen LogP) is 3.36. The zero-order valence-corrected chi connectivity index (χ0v) is 9.54. The Balaban J connectivity index is 1.63. The maximum absolute atomic E-state index is 5.77. The number of nitrogens with zero attached hydrogens (tertiary/aromatic N) is 1. The minimum atomic E-state index is 0.658. The maximum Gasteiger partial charge on any atom is 0.194 e. The van der Waals surface area contributed by atoms with E-state index >= 15 is 0 Å². The fraction of sp³-hybridized carbons (Fsp3) is 0.750. The van der Waals surface area contributed by atoms with E-state index in [-0.39, 0.29) is 0 Å². The molecule has 2 unspecified atom stereocenters. The molecule has 1 heterocycles. The molecule has 0 amide bonds. The second-order valence-corrected chi connectivity index (χ2v) is 5.25. The average molecular weight is 226 g/mol. The lowest BCUT2D eigenvalue weighted by Crippen LogP contribution is -1.93. The van der Waals surface area contributed by atoms with Crippen molar-refractivity contribution in [3.05, 3.63) is 17.8 Å². The molecule has 1 aromatic rings. The third-order valence-electron chi connectivity index (χ3n) is 3.74. The van der Waals surface area contributed by atoms with Crippen LogP contribution in [0.3, 0.4) is 0 Å². The van der Waals surface area contributed by atoms with E-state index in [9.17, 15) is 0 Å². The molecule has 82 valence electrons. The molecule has 2 atom stereocenters. The minimum absolute atomic E-state index is 0.658. The van der Waals surface area contributed by atoms with Gasteiger partial charge in [-0.2, -0.15) is 0 Å². The summed E-state index contributed by atoms with van der Waals surface area (Å²) in [5.74, 6) is 5.34. The smallest absolute Gasteiger partial charge is 0.194 e. The van der Waals surface area contributed by atoms with Gasteiger partial charge >= 0.3 is 0 Å². The molecule has 0 bridgehead atoms. The highest BCUT2D eigenvalue weighted by atomic mass is 35.5. The summed E-state index contributed by atoms with van der Waals surface area (Å²) in [6, 6.07) is 0. The summed E-state index contributed by atoms with van der Waals surface area (Å²) in [6.45, 7) is 0. The van der Waals surface area contributed by atoms with Crippen LogP contribution in [-0.2, 0) is 6.42 Å². The number of aromatic nitrogens is 1. The minimum Gasteiger partial charge on any atom is -0.445 e. The van der Waals surface area contributed by atoms with Gasteiger partial charge in [-0.3, -0.25) is 0 Å². The molecule has 0 spiro atoms. The molecule has 0 aliphatic heterocycles. The lowest BCUT2D eigenvalue weighted by atomic mass is 10.0. The number of rotatable bonds is 4. The SMILES string of the molecule is ClCCCc1ncc(C2CC3CC3C2)o1. The van der Waals surface area contributed by atoms with E-state index in [1.54, 1.807) is 0 Å². The largest absolute Gasteiger partial charge is 0.445 e. The Hall–Kier alpha value is -0.500. The van der Waals surface area contributed by atoms with Gasteiger partial charge in [0.15, 0.2) is 5.89 Å². The highest BCUT2D eigenvalue weighted by molar-refractivity contribution is 6.17. The predicted molar refractivity (Wildman–Crippen MR) is 59.1 cm³/mol. The third-order valence-corrected chi connectivity index (χ3v) is 4.01. The highest BCUT2D eigenvalue weighted by Crippen LogP contribution is 2.57. The summed E-state index contributed by atoms with van der Waals surface area (Å²) in [4.78, 5) is 4.31. The van der Waals surface area contributed by atoms with E-state index in [2.05, 4.69) is 4.98 Å². The van der Waals surface area contributed by atoms with Crippen molar-refractivity contribution in [2.45, 2.75) is 38.0 Å². The first-order valence-corrected chi connectivity index (χ1v) is 6.41. The first-order valence-electron chi connectivity index (χ1n) is 5.87. The molecule has 2 fully saturated rings. The van der Waals surface area contributed by atoms with Crippen molar-refractivity contribution in [1.82, 2.24) is 4.98 Å². The number of fused-ring (bicyclic) bond motifs is 1. The number of hydrogen-bond donors (Lipinski definition) is 0. The first-order chi connectivity index (χ1) is 7.36. The Morgan fingerprint density at radius 1 is 1.33 bits per heavy atom. The molecule has 0 aromatic carbocycles. The van der Waals surface area contributed by atoms with Gasteiger partial charge in [0.2, 0.25) is 0 Å². The van der Waals surface area contributed by atoms with E-state index < -0.39 is 0 Å². The van der Waals surface area contributed by atoms with E-state index in [0.717, 1.165) is 36.3 Å². The van der Waals surface area contributed by atoms with E-state index in [1.165, 1.54) is 19.3 Å². The molecule has 2 nitrogen and oxygen atoms in total. The normalized spacial score (nSPS) is 33.0. The van der Waals surface area contributed by atoms with Gasteiger partial charge in [0, 0.05) is 18.2 Å². The van der Waals surface area contributed by atoms with Gasteiger partial charge in [-0.15, -0.1) is 11.6 Å². The molecule has 0 N–H and O–H groups in total.